The van der Waals surface area contributed by atoms with E-state index >= 15 is 0 Å². The van der Waals surface area contributed by atoms with Gasteiger partial charge in [0.05, 0.1) is 0 Å². The molecule has 0 saturated carbocycles. The molecule has 5 atom stereocenters. The molecule has 1 aromatic rings. The van der Waals surface area contributed by atoms with Crippen LogP contribution in [0.15, 0.2) is 29.2 Å². The first-order chi connectivity index (χ1) is 15.5. The van der Waals surface area contributed by atoms with Gasteiger partial charge in [0.2, 0.25) is 0 Å². The van der Waals surface area contributed by atoms with Gasteiger partial charge >= 0.3 is 23.9 Å². The molecule has 1 fully saturated rings. The van der Waals surface area contributed by atoms with Crippen molar-refractivity contribution >= 4 is 41.3 Å². The molecule has 1 aliphatic heterocycles. The Morgan fingerprint density at radius 2 is 1.33 bits per heavy atom. The van der Waals surface area contributed by atoms with Crippen molar-refractivity contribution < 1.29 is 42.9 Å². The highest BCUT2D eigenvalue weighted by Gasteiger charge is 2.52. The smallest absolute Gasteiger partial charge is 0.303 e. The Balaban J connectivity index is 2.42. The maximum atomic E-state index is 11.9. The Morgan fingerprint density at radius 3 is 1.82 bits per heavy atom. The van der Waals surface area contributed by atoms with Gasteiger partial charge in [-0.05, 0) is 24.3 Å². The van der Waals surface area contributed by atoms with Gasteiger partial charge < -0.3 is 28.6 Å². The molecule has 0 unspecified atom stereocenters. The number of nitrogens with zero attached hydrogens (tertiary/aromatic N) is 1. The highest BCUT2D eigenvalue weighted by molar-refractivity contribution is 7.99. The van der Waals surface area contributed by atoms with Crippen LogP contribution in [-0.4, -0.2) is 74.4 Å². The van der Waals surface area contributed by atoms with Gasteiger partial charge in [-0.3, -0.25) is 19.2 Å². The Hall–Kier alpha value is -2.79. The SMILES string of the molecule is CC(=O)OC[C@H]1O[C@@H](Sc2ccc(N(C)C)cc2)[C@@H](OC(C)=O)[C@@H](OC(C)=O)[C@@H]1OC(C)=O. The number of esters is 4. The van der Waals surface area contributed by atoms with Crippen LogP contribution in [0.25, 0.3) is 0 Å². The van der Waals surface area contributed by atoms with Gasteiger partial charge in [-0.15, -0.1) is 0 Å². The van der Waals surface area contributed by atoms with Gasteiger partial charge in [0.25, 0.3) is 0 Å². The molecule has 0 aliphatic carbocycles. The molecule has 1 aromatic carbocycles. The first kappa shape index (κ1) is 26.5. The molecular weight excluding hydrogens is 454 g/mol. The molecule has 1 aliphatic rings. The van der Waals surface area contributed by atoms with Crippen molar-refractivity contribution in [3.63, 3.8) is 0 Å². The quantitative estimate of drug-likeness (QED) is 0.399. The Labute approximate surface area is 196 Å². The zero-order valence-electron chi connectivity index (χ0n) is 19.4. The Morgan fingerprint density at radius 1 is 0.818 bits per heavy atom. The third-order valence-corrected chi connectivity index (χ3v) is 5.71. The number of hydrogen-bond donors (Lipinski definition) is 0. The van der Waals surface area contributed by atoms with Crippen molar-refractivity contribution in [3.8, 4) is 0 Å². The van der Waals surface area contributed by atoms with Crippen LogP contribution in [-0.2, 0) is 42.9 Å². The maximum absolute atomic E-state index is 11.9. The zero-order chi connectivity index (χ0) is 24.7. The van der Waals surface area contributed by atoms with Crippen molar-refractivity contribution in [2.45, 2.75) is 62.4 Å². The molecule has 0 spiro atoms. The van der Waals surface area contributed by atoms with Gasteiger partial charge in [-0.2, -0.15) is 0 Å². The monoisotopic (exact) mass is 483 g/mol. The first-order valence-electron chi connectivity index (χ1n) is 10.2. The standard InChI is InChI=1S/C22H29NO9S/c1-12(24)28-11-18-19(29-13(2)25)20(30-14(3)26)21(31-15(4)27)22(32-18)33-17-9-7-16(8-10-17)23(5)6/h7-10,18-22H,11H2,1-6H3/t18-,19-,20+,21+,22+/m1/s1. The predicted molar refractivity (Wildman–Crippen MR) is 119 cm³/mol. The van der Waals surface area contributed by atoms with Crippen molar-refractivity contribution in [2.24, 2.45) is 0 Å². The lowest BCUT2D eigenvalue weighted by Crippen LogP contribution is -2.61. The normalized spacial score (nSPS) is 24.4. The maximum Gasteiger partial charge on any atom is 0.303 e. The molecule has 1 saturated heterocycles. The molecule has 10 nitrogen and oxygen atoms in total. The number of ether oxygens (including phenoxy) is 5. The summed E-state index contributed by atoms with van der Waals surface area (Å²) < 4.78 is 27.4. The van der Waals surface area contributed by atoms with Crippen LogP contribution >= 0.6 is 11.8 Å². The molecule has 0 N–H and O–H groups in total. The van der Waals surface area contributed by atoms with Crippen molar-refractivity contribution in [3.05, 3.63) is 24.3 Å². The van der Waals surface area contributed by atoms with E-state index in [0.717, 1.165) is 10.6 Å². The fourth-order valence-corrected chi connectivity index (χ4v) is 4.34. The number of carbonyl (C=O) groups is 4. The molecule has 0 aromatic heterocycles. The molecule has 33 heavy (non-hydrogen) atoms. The summed E-state index contributed by atoms with van der Waals surface area (Å²) >= 11 is 1.23. The fraction of sp³-hybridized carbons (Fsp3) is 0.545. The van der Waals surface area contributed by atoms with E-state index in [2.05, 4.69) is 0 Å². The summed E-state index contributed by atoms with van der Waals surface area (Å²) in [6.07, 6.45) is -4.40. The average molecular weight is 484 g/mol. The van der Waals surface area contributed by atoms with E-state index in [1.54, 1.807) is 0 Å². The van der Waals surface area contributed by atoms with Gasteiger partial charge in [0.1, 0.15) is 18.1 Å². The van der Waals surface area contributed by atoms with Gasteiger partial charge in [0, 0.05) is 52.4 Å². The lowest BCUT2D eigenvalue weighted by atomic mass is 9.99. The van der Waals surface area contributed by atoms with E-state index in [1.807, 2.05) is 43.3 Å². The lowest BCUT2D eigenvalue weighted by Gasteiger charge is -2.44. The molecule has 182 valence electrons. The minimum atomic E-state index is -1.18. The second kappa shape index (κ2) is 11.9. The predicted octanol–water partition coefficient (Wildman–Crippen LogP) is 1.93. The van der Waals surface area contributed by atoms with E-state index in [-0.39, 0.29) is 6.61 Å². The largest absolute Gasteiger partial charge is 0.463 e. The second-order valence-electron chi connectivity index (χ2n) is 7.57. The van der Waals surface area contributed by atoms with E-state index < -0.39 is 53.7 Å². The number of rotatable bonds is 8. The third-order valence-electron chi connectivity index (χ3n) is 4.55. The van der Waals surface area contributed by atoms with Gasteiger partial charge in [0.15, 0.2) is 18.3 Å². The molecule has 0 amide bonds. The average Bonchev–Trinajstić information content (AvgIpc) is 2.70. The number of thioether (sulfide) groups is 1. The van der Waals surface area contributed by atoms with E-state index in [1.165, 1.54) is 39.5 Å². The van der Waals surface area contributed by atoms with Crippen LogP contribution in [0.3, 0.4) is 0 Å². The minimum absolute atomic E-state index is 0.255. The lowest BCUT2D eigenvalue weighted by molar-refractivity contribution is -0.237. The van der Waals surface area contributed by atoms with E-state index in [4.69, 9.17) is 23.7 Å². The number of carbonyl (C=O) groups excluding carboxylic acids is 4. The molecule has 2 rings (SSSR count). The van der Waals surface area contributed by atoms with Crippen LogP contribution in [0.4, 0.5) is 5.69 Å². The summed E-state index contributed by atoms with van der Waals surface area (Å²) in [6, 6.07) is 7.56. The minimum Gasteiger partial charge on any atom is -0.463 e. The summed E-state index contributed by atoms with van der Waals surface area (Å²) in [5.41, 5.74) is 0.136. The highest BCUT2D eigenvalue weighted by Crippen LogP contribution is 2.38. The van der Waals surface area contributed by atoms with Crippen molar-refractivity contribution in [1.82, 2.24) is 0 Å². The molecule has 1 heterocycles. The first-order valence-corrected chi connectivity index (χ1v) is 11.1. The van der Waals surface area contributed by atoms with Gasteiger partial charge in [-0.25, -0.2) is 0 Å². The van der Waals surface area contributed by atoms with Crippen LogP contribution in [0.5, 0.6) is 0 Å². The topological polar surface area (TPSA) is 118 Å². The molecule has 11 heteroatoms. The van der Waals surface area contributed by atoms with Crippen LogP contribution in [0.1, 0.15) is 27.7 Å². The van der Waals surface area contributed by atoms with E-state index in [0.29, 0.717) is 0 Å². The number of anilines is 1. The Bertz CT molecular complexity index is 858. The van der Waals surface area contributed by atoms with Crippen molar-refractivity contribution in [1.29, 1.82) is 0 Å². The van der Waals surface area contributed by atoms with Crippen LogP contribution < -0.4 is 4.90 Å². The summed E-state index contributed by atoms with van der Waals surface area (Å²) in [5, 5.41) is 0. The number of benzene rings is 1. The molecular formula is C22H29NO9S. The zero-order valence-corrected chi connectivity index (χ0v) is 20.2. The summed E-state index contributed by atoms with van der Waals surface area (Å²) in [5.74, 6) is -2.52. The summed E-state index contributed by atoms with van der Waals surface area (Å²) in [7, 11) is 3.84. The molecule has 0 bridgehead atoms. The summed E-state index contributed by atoms with van der Waals surface area (Å²) in [4.78, 5) is 49.7. The van der Waals surface area contributed by atoms with Crippen molar-refractivity contribution in [2.75, 3.05) is 25.6 Å². The van der Waals surface area contributed by atoms with Gasteiger partial charge in [-0.1, -0.05) is 11.8 Å². The highest BCUT2D eigenvalue weighted by atomic mass is 32.2. The third kappa shape index (κ3) is 7.93. The fourth-order valence-electron chi connectivity index (χ4n) is 3.24. The van der Waals surface area contributed by atoms with Crippen LogP contribution in [0, 0.1) is 0 Å². The number of hydrogen-bond acceptors (Lipinski definition) is 11. The second-order valence-corrected chi connectivity index (χ2v) is 8.75. The Kier molecular flexibility index (Phi) is 9.54. The summed E-state index contributed by atoms with van der Waals surface area (Å²) in [6.45, 7) is 4.56. The molecule has 0 radical (unpaired) electrons. The van der Waals surface area contributed by atoms with Crippen LogP contribution in [0.2, 0.25) is 0 Å². The van der Waals surface area contributed by atoms with E-state index in [9.17, 15) is 19.2 Å².